The first-order valence-corrected chi connectivity index (χ1v) is 7.38. The summed E-state index contributed by atoms with van der Waals surface area (Å²) in [6, 6.07) is 5.98. The number of likely N-dealkylation sites (tertiary alicyclic amines) is 1. The minimum Gasteiger partial charge on any atom is -0.497 e. The Bertz CT molecular complexity index is 426. The number of anilines is 1. The maximum Gasteiger partial charge on any atom is 0.120 e. The maximum atomic E-state index is 6.09. The predicted octanol–water partition coefficient (Wildman–Crippen LogP) is 2.05. The van der Waals surface area contributed by atoms with Crippen LogP contribution in [-0.4, -0.2) is 50.6 Å². The largest absolute Gasteiger partial charge is 0.497 e. The molecular formula is C16H27N3O. The van der Waals surface area contributed by atoms with Gasteiger partial charge in [0.2, 0.25) is 0 Å². The van der Waals surface area contributed by atoms with Crippen LogP contribution in [0.4, 0.5) is 5.69 Å². The van der Waals surface area contributed by atoms with Crippen LogP contribution in [0, 0.1) is 5.92 Å². The summed E-state index contributed by atoms with van der Waals surface area (Å²) >= 11 is 0. The van der Waals surface area contributed by atoms with E-state index in [-0.39, 0.29) is 0 Å². The van der Waals surface area contributed by atoms with Gasteiger partial charge in [0.15, 0.2) is 0 Å². The standard InChI is InChI=1S/C16H27N3O/c1-18(2)11-13-6-8-19(9-7-13)12-14-4-5-15(20-3)10-16(14)17/h4-5,10,13H,6-9,11-12,17H2,1-3H3. The predicted molar refractivity (Wildman–Crippen MR) is 84.0 cm³/mol. The fourth-order valence-electron chi connectivity index (χ4n) is 2.93. The molecule has 0 bridgehead atoms. The van der Waals surface area contributed by atoms with Crippen molar-refractivity contribution in [3.05, 3.63) is 23.8 Å². The number of benzene rings is 1. The Labute approximate surface area is 122 Å². The van der Waals surface area contributed by atoms with Gasteiger partial charge < -0.3 is 15.4 Å². The normalized spacial score (nSPS) is 17.6. The van der Waals surface area contributed by atoms with Gasteiger partial charge in [-0.2, -0.15) is 0 Å². The first-order valence-electron chi connectivity index (χ1n) is 7.38. The number of hydrogen-bond donors (Lipinski definition) is 1. The van der Waals surface area contributed by atoms with Crippen LogP contribution >= 0.6 is 0 Å². The second-order valence-electron chi connectivity index (χ2n) is 6.05. The highest BCUT2D eigenvalue weighted by Crippen LogP contribution is 2.24. The second kappa shape index (κ2) is 6.95. The number of hydrogen-bond acceptors (Lipinski definition) is 4. The van der Waals surface area contributed by atoms with E-state index in [1.807, 2.05) is 12.1 Å². The van der Waals surface area contributed by atoms with Gasteiger partial charge in [-0.1, -0.05) is 6.07 Å². The summed E-state index contributed by atoms with van der Waals surface area (Å²) in [7, 11) is 5.98. The van der Waals surface area contributed by atoms with E-state index in [1.54, 1.807) is 7.11 Å². The summed E-state index contributed by atoms with van der Waals surface area (Å²) in [6.45, 7) is 4.50. The van der Waals surface area contributed by atoms with Gasteiger partial charge in [-0.3, -0.25) is 4.90 Å². The van der Waals surface area contributed by atoms with Crippen LogP contribution in [-0.2, 0) is 6.54 Å². The van der Waals surface area contributed by atoms with Crippen molar-refractivity contribution in [3.63, 3.8) is 0 Å². The van der Waals surface area contributed by atoms with Crippen molar-refractivity contribution in [2.45, 2.75) is 19.4 Å². The third-order valence-corrected chi connectivity index (χ3v) is 4.08. The van der Waals surface area contributed by atoms with Crippen molar-refractivity contribution < 1.29 is 4.74 Å². The van der Waals surface area contributed by atoms with Gasteiger partial charge in [0.05, 0.1) is 7.11 Å². The van der Waals surface area contributed by atoms with Gasteiger partial charge >= 0.3 is 0 Å². The van der Waals surface area contributed by atoms with Crippen LogP contribution in [0.25, 0.3) is 0 Å². The van der Waals surface area contributed by atoms with Crippen molar-refractivity contribution in [1.29, 1.82) is 0 Å². The van der Waals surface area contributed by atoms with E-state index in [0.717, 1.165) is 23.9 Å². The fourth-order valence-corrected chi connectivity index (χ4v) is 2.93. The molecule has 0 spiro atoms. The molecular weight excluding hydrogens is 250 g/mol. The van der Waals surface area contributed by atoms with Crippen molar-refractivity contribution in [2.24, 2.45) is 5.92 Å². The van der Waals surface area contributed by atoms with Crippen LogP contribution in [0.1, 0.15) is 18.4 Å². The number of piperidine rings is 1. The lowest BCUT2D eigenvalue weighted by molar-refractivity contribution is 0.157. The van der Waals surface area contributed by atoms with E-state index >= 15 is 0 Å². The fraction of sp³-hybridized carbons (Fsp3) is 0.625. The zero-order valence-electron chi connectivity index (χ0n) is 12.9. The molecule has 1 fully saturated rings. The van der Waals surface area contributed by atoms with Gasteiger partial charge in [-0.15, -0.1) is 0 Å². The summed E-state index contributed by atoms with van der Waals surface area (Å²) in [5.74, 6) is 1.67. The molecule has 0 atom stereocenters. The number of nitrogens with two attached hydrogens (primary N) is 1. The Morgan fingerprint density at radius 2 is 2.00 bits per heavy atom. The number of nitrogens with zero attached hydrogens (tertiary/aromatic N) is 2. The van der Waals surface area contributed by atoms with Gasteiger partial charge in [-0.25, -0.2) is 0 Å². The molecule has 0 saturated carbocycles. The molecule has 0 aliphatic carbocycles. The molecule has 1 saturated heterocycles. The number of nitrogen functional groups attached to an aromatic ring is 1. The van der Waals surface area contributed by atoms with Gasteiger partial charge in [0.1, 0.15) is 5.75 Å². The Hall–Kier alpha value is -1.26. The molecule has 2 rings (SSSR count). The molecule has 4 heteroatoms. The quantitative estimate of drug-likeness (QED) is 0.837. The molecule has 1 aliphatic rings. The van der Waals surface area contributed by atoms with Gasteiger partial charge in [0, 0.05) is 24.8 Å². The third kappa shape index (κ3) is 4.12. The Kier molecular flexibility index (Phi) is 5.26. The number of methoxy groups -OCH3 is 1. The molecule has 0 amide bonds. The molecule has 112 valence electrons. The van der Waals surface area contributed by atoms with Crippen LogP contribution in [0.2, 0.25) is 0 Å². The average molecular weight is 277 g/mol. The lowest BCUT2D eigenvalue weighted by atomic mass is 9.96. The van der Waals surface area contributed by atoms with Gasteiger partial charge in [-0.05, 0) is 57.6 Å². The molecule has 4 nitrogen and oxygen atoms in total. The lowest BCUT2D eigenvalue weighted by Gasteiger charge is -2.33. The highest BCUT2D eigenvalue weighted by atomic mass is 16.5. The zero-order valence-corrected chi connectivity index (χ0v) is 12.9. The highest BCUT2D eigenvalue weighted by Gasteiger charge is 2.20. The molecule has 1 aromatic carbocycles. The first kappa shape index (κ1) is 15.1. The number of ether oxygens (including phenoxy) is 1. The van der Waals surface area contributed by atoms with Crippen molar-refractivity contribution in [1.82, 2.24) is 9.80 Å². The van der Waals surface area contributed by atoms with Crippen LogP contribution in [0.3, 0.4) is 0 Å². The topological polar surface area (TPSA) is 41.7 Å². The molecule has 0 radical (unpaired) electrons. The Balaban J connectivity index is 1.86. The number of rotatable bonds is 5. The van der Waals surface area contributed by atoms with Crippen LogP contribution in [0.15, 0.2) is 18.2 Å². The molecule has 0 unspecified atom stereocenters. The van der Waals surface area contributed by atoms with E-state index in [9.17, 15) is 0 Å². The van der Waals surface area contributed by atoms with Crippen molar-refractivity contribution >= 4 is 5.69 Å². The van der Waals surface area contributed by atoms with Crippen molar-refractivity contribution in [3.8, 4) is 5.75 Å². The monoisotopic (exact) mass is 277 g/mol. The van der Waals surface area contributed by atoms with Crippen LogP contribution in [0.5, 0.6) is 5.75 Å². The summed E-state index contributed by atoms with van der Waals surface area (Å²) in [4.78, 5) is 4.80. The smallest absolute Gasteiger partial charge is 0.120 e. The molecule has 1 heterocycles. The molecule has 2 N–H and O–H groups in total. The summed E-state index contributed by atoms with van der Waals surface area (Å²) in [6.07, 6.45) is 2.57. The molecule has 20 heavy (non-hydrogen) atoms. The van der Waals surface area contributed by atoms with Crippen LogP contribution < -0.4 is 10.5 Å². The van der Waals surface area contributed by atoms with Crippen molar-refractivity contribution in [2.75, 3.05) is 46.6 Å². The summed E-state index contributed by atoms with van der Waals surface area (Å²) < 4.78 is 5.19. The summed E-state index contributed by atoms with van der Waals surface area (Å²) in [5.41, 5.74) is 8.13. The highest BCUT2D eigenvalue weighted by molar-refractivity contribution is 5.51. The van der Waals surface area contributed by atoms with E-state index in [4.69, 9.17) is 10.5 Å². The van der Waals surface area contributed by atoms with E-state index in [1.165, 1.54) is 38.0 Å². The minimum atomic E-state index is 0.830. The average Bonchev–Trinajstić information content (AvgIpc) is 2.42. The third-order valence-electron chi connectivity index (χ3n) is 4.08. The van der Waals surface area contributed by atoms with E-state index in [2.05, 4.69) is 30.0 Å². The van der Waals surface area contributed by atoms with E-state index < -0.39 is 0 Å². The minimum absolute atomic E-state index is 0.830. The Morgan fingerprint density at radius 1 is 1.30 bits per heavy atom. The lowest BCUT2D eigenvalue weighted by Crippen LogP contribution is -2.36. The molecule has 1 aromatic rings. The summed E-state index contributed by atoms with van der Waals surface area (Å²) in [5, 5.41) is 0. The first-order chi connectivity index (χ1) is 9.58. The SMILES string of the molecule is COc1ccc(CN2CCC(CN(C)C)CC2)c(N)c1. The Morgan fingerprint density at radius 3 is 2.55 bits per heavy atom. The van der Waals surface area contributed by atoms with E-state index in [0.29, 0.717) is 0 Å². The van der Waals surface area contributed by atoms with Gasteiger partial charge in [0.25, 0.3) is 0 Å². The maximum absolute atomic E-state index is 6.09. The zero-order chi connectivity index (χ0) is 14.5. The molecule has 0 aromatic heterocycles. The molecule has 1 aliphatic heterocycles. The second-order valence-corrected chi connectivity index (χ2v) is 6.05.